The van der Waals surface area contributed by atoms with Crippen molar-refractivity contribution in [1.82, 2.24) is 0 Å². The number of nitrogens with two attached hydrogens (primary N) is 1. The maximum atomic E-state index is 10.9. The largest absolute Gasteiger partial charge is 0.334 e. The van der Waals surface area contributed by atoms with Gasteiger partial charge in [-0.1, -0.05) is 12.1 Å². The van der Waals surface area contributed by atoms with Gasteiger partial charge in [0.25, 0.3) is 0 Å². The van der Waals surface area contributed by atoms with Crippen molar-refractivity contribution in [3.63, 3.8) is 0 Å². The van der Waals surface area contributed by atoms with Crippen LogP contribution in [0.3, 0.4) is 0 Å². The average Bonchev–Trinajstić information content (AvgIpc) is 2.40. The molecule has 0 saturated heterocycles. The van der Waals surface area contributed by atoms with Crippen molar-refractivity contribution in [3.8, 4) is 0 Å². The Morgan fingerprint density at radius 2 is 1.64 bits per heavy atom. The molecule has 1 aromatic carbocycles. The Morgan fingerprint density at radius 3 is 2.00 bits per heavy atom. The van der Waals surface area contributed by atoms with Crippen LogP contribution in [-0.4, -0.2) is 18.1 Å². The summed E-state index contributed by atoms with van der Waals surface area (Å²) in [6.45, 7) is 0. The fourth-order valence-corrected chi connectivity index (χ4v) is 1.57. The normalized spacial score (nSPS) is 18.1. The summed E-state index contributed by atoms with van der Waals surface area (Å²) >= 11 is 0. The molecule has 0 radical (unpaired) electrons. The standard InChI is InChI=1S/C7H7N3O3S/c8-7(14(11,12)13)9-5-3-1-2-4-6(5)10-7/h1-4H,8H2,(H,11,12,13). The minimum absolute atomic E-state index is 0.354. The average molecular weight is 213 g/mol. The second-order valence-corrected chi connectivity index (χ2v) is 4.40. The molecule has 1 aromatic rings. The second-order valence-electron chi connectivity index (χ2n) is 2.85. The topological polar surface area (TPSA) is 105 Å². The van der Waals surface area contributed by atoms with Crippen LogP contribution < -0.4 is 16.4 Å². The van der Waals surface area contributed by atoms with Crippen molar-refractivity contribution in [2.75, 3.05) is 0 Å². The minimum Gasteiger partial charge on any atom is -0.281 e. The van der Waals surface area contributed by atoms with Gasteiger partial charge in [-0.3, -0.25) is 10.3 Å². The van der Waals surface area contributed by atoms with Crippen LogP contribution in [0.1, 0.15) is 0 Å². The van der Waals surface area contributed by atoms with E-state index in [9.17, 15) is 8.42 Å². The molecule has 0 fully saturated rings. The minimum atomic E-state index is -4.53. The van der Waals surface area contributed by atoms with Crippen LogP contribution in [0.2, 0.25) is 0 Å². The van der Waals surface area contributed by atoms with Crippen LogP contribution >= 0.6 is 0 Å². The molecular formula is C7H7N3O3S. The molecule has 0 amide bonds. The molecule has 0 aromatic heterocycles. The molecule has 1 aliphatic heterocycles. The molecule has 14 heavy (non-hydrogen) atoms. The molecular weight excluding hydrogens is 206 g/mol. The van der Waals surface area contributed by atoms with Gasteiger partial charge in [0.2, 0.25) is 0 Å². The third-order valence-corrected chi connectivity index (χ3v) is 2.76. The summed E-state index contributed by atoms with van der Waals surface area (Å²) in [4.78, 5) is 7.26. The number of hydrogen-bond donors (Lipinski definition) is 2. The molecule has 0 unspecified atom stereocenters. The van der Waals surface area contributed by atoms with Crippen molar-refractivity contribution in [3.05, 3.63) is 35.0 Å². The van der Waals surface area contributed by atoms with Crippen molar-refractivity contribution < 1.29 is 13.0 Å². The summed E-state index contributed by atoms with van der Waals surface area (Å²) in [6, 6.07) is 6.48. The molecule has 7 heteroatoms. The third kappa shape index (κ3) is 1.22. The molecule has 6 nitrogen and oxygen atoms in total. The summed E-state index contributed by atoms with van der Waals surface area (Å²) in [6.07, 6.45) is 0. The van der Waals surface area contributed by atoms with Gasteiger partial charge in [-0.15, -0.1) is 0 Å². The Bertz CT molecular complexity index is 558. The highest BCUT2D eigenvalue weighted by Crippen LogP contribution is 2.12. The van der Waals surface area contributed by atoms with E-state index >= 15 is 0 Å². The fraction of sp³-hybridized carbons (Fsp3) is 0.143. The summed E-state index contributed by atoms with van der Waals surface area (Å²) in [5.41, 5.74) is 5.32. The predicted octanol–water partition coefficient (Wildman–Crippen LogP) is -1.60. The van der Waals surface area contributed by atoms with Gasteiger partial charge in [-0.2, -0.15) is 8.42 Å². The van der Waals surface area contributed by atoms with E-state index in [-0.39, 0.29) is 0 Å². The molecule has 2 rings (SSSR count). The first-order valence-electron chi connectivity index (χ1n) is 3.73. The zero-order valence-electron chi connectivity index (χ0n) is 6.95. The lowest BCUT2D eigenvalue weighted by Gasteiger charge is -2.11. The molecule has 0 saturated carbocycles. The van der Waals surface area contributed by atoms with E-state index in [1.165, 1.54) is 0 Å². The Balaban J connectivity index is 2.77. The van der Waals surface area contributed by atoms with Gasteiger partial charge in [0.15, 0.2) is 0 Å². The first-order valence-corrected chi connectivity index (χ1v) is 5.17. The zero-order chi connectivity index (χ0) is 10.4. The lowest BCUT2D eigenvalue weighted by molar-refractivity contribution is 0.433. The molecule has 0 aliphatic carbocycles. The van der Waals surface area contributed by atoms with E-state index in [0.717, 1.165) is 0 Å². The Morgan fingerprint density at radius 1 is 1.21 bits per heavy atom. The summed E-state index contributed by atoms with van der Waals surface area (Å²) < 4.78 is 30.5. The number of para-hydroxylation sites is 2. The molecule has 1 heterocycles. The van der Waals surface area contributed by atoms with Gasteiger partial charge in [0.05, 0.1) is 10.7 Å². The predicted molar refractivity (Wildman–Crippen MR) is 47.2 cm³/mol. The van der Waals surface area contributed by atoms with Crippen LogP contribution in [0, 0.1) is 0 Å². The third-order valence-electron chi connectivity index (χ3n) is 1.82. The molecule has 1 aliphatic rings. The van der Waals surface area contributed by atoms with E-state index in [4.69, 9.17) is 10.3 Å². The van der Waals surface area contributed by atoms with E-state index in [1.54, 1.807) is 24.3 Å². The SMILES string of the molecule is NC1(S(=O)(=O)O)N=c2ccccc2=N1. The number of benzene rings is 1. The van der Waals surface area contributed by atoms with Crippen molar-refractivity contribution >= 4 is 10.1 Å². The van der Waals surface area contributed by atoms with E-state index in [1.807, 2.05) is 0 Å². The molecule has 74 valence electrons. The van der Waals surface area contributed by atoms with Crippen LogP contribution in [0.4, 0.5) is 0 Å². The van der Waals surface area contributed by atoms with Crippen molar-refractivity contribution in [1.29, 1.82) is 0 Å². The Kier molecular flexibility index (Phi) is 1.71. The number of nitrogens with zero attached hydrogens (tertiary/aromatic N) is 2. The van der Waals surface area contributed by atoms with Gasteiger partial charge >= 0.3 is 15.2 Å². The lowest BCUT2D eigenvalue weighted by atomic mass is 10.3. The number of rotatable bonds is 1. The summed E-state index contributed by atoms with van der Waals surface area (Å²) in [5.74, 6) is 0. The van der Waals surface area contributed by atoms with Crippen LogP contribution in [0.5, 0.6) is 0 Å². The van der Waals surface area contributed by atoms with Gasteiger partial charge in [0, 0.05) is 0 Å². The summed E-state index contributed by atoms with van der Waals surface area (Å²) in [7, 11) is -4.53. The monoisotopic (exact) mass is 213 g/mol. The lowest BCUT2D eigenvalue weighted by Crippen LogP contribution is -2.43. The zero-order valence-corrected chi connectivity index (χ0v) is 7.77. The highest BCUT2D eigenvalue weighted by Gasteiger charge is 2.40. The number of hydrogen-bond acceptors (Lipinski definition) is 5. The van der Waals surface area contributed by atoms with Crippen LogP contribution in [0.25, 0.3) is 0 Å². The maximum absolute atomic E-state index is 10.9. The first-order chi connectivity index (χ1) is 6.42. The van der Waals surface area contributed by atoms with Crippen molar-refractivity contribution in [2.45, 2.75) is 5.12 Å². The van der Waals surface area contributed by atoms with Gasteiger partial charge in [0.1, 0.15) is 0 Å². The smallest absolute Gasteiger partial charge is 0.281 e. The van der Waals surface area contributed by atoms with E-state index in [0.29, 0.717) is 10.7 Å². The maximum Gasteiger partial charge on any atom is 0.334 e. The fourth-order valence-electron chi connectivity index (χ4n) is 1.14. The van der Waals surface area contributed by atoms with Crippen molar-refractivity contribution in [2.24, 2.45) is 15.7 Å². The van der Waals surface area contributed by atoms with Crippen LogP contribution in [-0.2, 0) is 10.1 Å². The number of fused-ring (bicyclic) bond motifs is 1. The highest BCUT2D eigenvalue weighted by molar-refractivity contribution is 7.87. The molecule has 0 spiro atoms. The first kappa shape index (κ1) is 9.25. The van der Waals surface area contributed by atoms with Gasteiger partial charge in [-0.05, 0) is 12.1 Å². The van der Waals surface area contributed by atoms with Gasteiger partial charge < -0.3 is 0 Å². The molecule has 0 atom stereocenters. The van der Waals surface area contributed by atoms with Gasteiger partial charge in [-0.25, -0.2) is 9.98 Å². The molecule has 0 bridgehead atoms. The van der Waals surface area contributed by atoms with E-state index < -0.39 is 15.2 Å². The van der Waals surface area contributed by atoms with E-state index in [2.05, 4.69) is 9.98 Å². The molecule has 3 N–H and O–H groups in total. The Labute approximate surface area is 79.5 Å². The quantitative estimate of drug-likeness (QED) is 0.548. The highest BCUT2D eigenvalue weighted by atomic mass is 32.2. The second kappa shape index (κ2) is 2.59. The Hall–Kier alpha value is -1.31. The summed E-state index contributed by atoms with van der Waals surface area (Å²) in [5, 5.41) is -1.57. The van der Waals surface area contributed by atoms with Crippen LogP contribution in [0.15, 0.2) is 34.3 Å².